The van der Waals surface area contributed by atoms with Crippen LogP contribution in [0, 0.1) is 5.82 Å². The minimum Gasteiger partial charge on any atom is -0.493 e. The van der Waals surface area contributed by atoms with Crippen LogP contribution in [-0.2, 0) is 4.79 Å². The number of amidine groups is 1. The Bertz CT molecular complexity index is 880. The van der Waals surface area contributed by atoms with Crippen LogP contribution in [0.3, 0.4) is 0 Å². The van der Waals surface area contributed by atoms with E-state index < -0.39 is 5.82 Å². The van der Waals surface area contributed by atoms with Gasteiger partial charge in [-0.3, -0.25) is 9.69 Å². The number of thioether (sulfide) groups is 1. The summed E-state index contributed by atoms with van der Waals surface area (Å²) in [5.41, 5.74) is 1.04. The molecule has 3 rings (SSSR count). The predicted molar refractivity (Wildman–Crippen MR) is 104 cm³/mol. The van der Waals surface area contributed by atoms with Gasteiger partial charge in [0.25, 0.3) is 5.91 Å². The number of ether oxygens (including phenoxy) is 1. The fourth-order valence-corrected chi connectivity index (χ4v) is 3.35. The average molecular weight is 370 g/mol. The lowest BCUT2D eigenvalue weighted by Crippen LogP contribution is -2.23. The van der Waals surface area contributed by atoms with Gasteiger partial charge in [-0.15, -0.1) is 0 Å². The second-order valence-corrected chi connectivity index (χ2v) is 6.72. The highest BCUT2D eigenvalue weighted by molar-refractivity contribution is 8.18. The van der Waals surface area contributed by atoms with Crippen LogP contribution in [0.25, 0.3) is 6.08 Å². The maximum absolute atomic E-state index is 13.8. The van der Waals surface area contributed by atoms with Crippen LogP contribution in [0.1, 0.15) is 18.9 Å². The Kier molecular flexibility index (Phi) is 5.73. The number of benzene rings is 2. The fourth-order valence-electron chi connectivity index (χ4n) is 2.38. The maximum Gasteiger partial charge on any atom is 0.266 e. The smallest absolute Gasteiger partial charge is 0.266 e. The van der Waals surface area contributed by atoms with Gasteiger partial charge in [-0.1, -0.05) is 37.3 Å². The van der Waals surface area contributed by atoms with E-state index >= 15 is 0 Å². The van der Waals surface area contributed by atoms with Crippen LogP contribution in [-0.4, -0.2) is 29.6 Å². The molecule has 1 aliphatic heterocycles. The minimum atomic E-state index is -0.419. The lowest BCUT2D eigenvalue weighted by Gasteiger charge is -2.08. The van der Waals surface area contributed by atoms with Crippen LogP contribution >= 0.6 is 11.8 Å². The summed E-state index contributed by atoms with van der Waals surface area (Å²) in [5, 5.41) is 0.443. The highest BCUT2D eigenvalue weighted by atomic mass is 32.2. The molecule has 0 aliphatic carbocycles. The van der Waals surface area contributed by atoms with Crippen molar-refractivity contribution < 1.29 is 13.9 Å². The molecule has 2 aromatic rings. The second kappa shape index (κ2) is 8.19. The first-order chi connectivity index (χ1) is 12.6. The van der Waals surface area contributed by atoms with E-state index in [4.69, 9.17) is 4.74 Å². The van der Waals surface area contributed by atoms with Crippen LogP contribution < -0.4 is 4.74 Å². The van der Waals surface area contributed by atoms with Gasteiger partial charge in [0.15, 0.2) is 5.17 Å². The van der Waals surface area contributed by atoms with Crippen molar-refractivity contribution in [1.82, 2.24) is 4.90 Å². The van der Waals surface area contributed by atoms with Crippen molar-refractivity contribution in [3.8, 4) is 5.75 Å². The van der Waals surface area contributed by atoms with Gasteiger partial charge in [0.05, 0.1) is 11.5 Å². The van der Waals surface area contributed by atoms with Crippen molar-refractivity contribution in [1.29, 1.82) is 0 Å². The molecule has 4 nitrogen and oxygen atoms in total. The van der Waals surface area contributed by atoms with E-state index in [9.17, 15) is 9.18 Å². The number of hydrogen-bond acceptors (Lipinski definition) is 4. The van der Waals surface area contributed by atoms with E-state index in [-0.39, 0.29) is 11.6 Å². The summed E-state index contributed by atoms with van der Waals surface area (Å²) in [5.74, 6) is 0.143. The van der Waals surface area contributed by atoms with E-state index in [1.807, 2.05) is 31.2 Å². The van der Waals surface area contributed by atoms with E-state index in [0.717, 1.165) is 17.7 Å². The number of nitrogens with zero attached hydrogens (tertiary/aromatic N) is 2. The van der Waals surface area contributed by atoms with Crippen LogP contribution in [0.2, 0.25) is 0 Å². The van der Waals surface area contributed by atoms with Crippen molar-refractivity contribution in [3.63, 3.8) is 0 Å². The molecule has 1 aliphatic rings. The zero-order valence-corrected chi connectivity index (χ0v) is 15.4. The van der Waals surface area contributed by atoms with Gasteiger partial charge in [0.1, 0.15) is 17.3 Å². The van der Waals surface area contributed by atoms with Crippen molar-refractivity contribution in [2.75, 3.05) is 13.7 Å². The Balaban J connectivity index is 1.90. The molecule has 0 radical (unpaired) electrons. The SMILES string of the molecule is CCCOc1ccccc1/C=C1/SC(=Nc2ccccc2F)N(C)C1=O. The Morgan fingerprint density at radius 1 is 1.19 bits per heavy atom. The van der Waals surface area contributed by atoms with Crippen LogP contribution in [0.15, 0.2) is 58.4 Å². The molecule has 0 aromatic heterocycles. The fraction of sp³-hybridized carbons (Fsp3) is 0.200. The van der Waals surface area contributed by atoms with Crippen LogP contribution in [0.4, 0.5) is 10.1 Å². The molecule has 0 unspecified atom stereocenters. The predicted octanol–water partition coefficient (Wildman–Crippen LogP) is 4.85. The van der Waals surface area contributed by atoms with Gasteiger partial charge in [-0.25, -0.2) is 9.38 Å². The molecule has 26 heavy (non-hydrogen) atoms. The largest absolute Gasteiger partial charge is 0.493 e. The van der Waals surface area contributed by atoms with Crippen molar-refractivity contribution in [2.45, 2.75) is 13.3 Å². The molecule has 0 atom stereocenters. The third kappa shape index (κ3) is 3.96. The molecular weight excluding hydrogens is 351 g/mol. The summed E-state index contributed by atoms with van der Waals surface area (Å²) in [6.45, 7) is 2.65. The topological polar surface area (TPSA) is 41.9 Å². The summed E-state index contributed by atoms with van der Waals surface area (Å²) in [4.78, 5) is 18.8. The molecule has 1 fully saturated rings. The quantitative estimate of drug-likeness (QED) is 0.707. The van der Waals surface area contributed by atoms with Gasteiger partial charge in [0.2, 0.25) is 0 Å². The third-order valence-electron chi connectivity index (χ3n) is 3.74. The molecule has 134 valence electrons. The van der Waals surface area contributed by atoms with E-state index in [0.29, 0.717) is 16.7 Å². The molecule has 0 bridgehead atoms. The van der Waals surface area contributed by atoms with Gasteiger partial charge >= 0.3 is 0 Å². The summed E-state index contributed by atoms with van der Waals surface area (Å²) < 4.78 is 19.6. The summed E-state index contributed by atoms with van der Waals surface area (Å²) >= 11 is 1.22. The molecule has 6 heteroatoms. The molecule has 0 N–H and O–H groups in total. The van der Waals surface area contributed by atoms with Crippen LogP contribution in [0.5, 0.6) is 5.75 Å². The van der Waals surface area contributed by atoms with Crippen molar-refractivity contribution >= 4 is 34.6 Å². The lowest BCUT2D eigenvalue weighted by atomic mass is 10.2. The number of carbonyl (C=O) groups is 1. The number of halogens is 1. The molecule has 0 spiro atoms. The lowest BCUT2D eigenvalue weighted by molar-refractivity contribution is -0.121. The number of para-hydroxylation sites is 2. The number of likely N-dealkylation sites (N-methyl/N-ethyl adjacent to an activating group) is 1. The van der Waals surface area contributed by atoms with Crippen molar-refractivity contribution in [2.24, 2.45) is 4.99 Å². The zero-order chi connectivity index (χ0) is 18.5. The van der Waals surface area contributed by atoms with Gasteiger partial charge in [-0.2, -0.15) is 0 Å². The van der Waals surface area contributed by atoms with Gasteiger partial charge in [-0.05, 0) is 42.5 Å². The maximum atomic E-state index is 13.8. The van der Waals surface area contributed by atoms with Gasteiger partial charge in [0, 0.05) is 12.6 Å². The average Bonchev–Trinajstić information content (AvgIpc) is 2.91. The summed E-state index contributed by atoms with van der Waals surface area (Å²) in [7, 11) is 1.63. The molecule has 1 amide bonds. The first-order valence-corrected chi connectivity index (χ1v) is 9.14. The number of rotatable bonds is 5. The van der Waals surface area contributed by atoms with E-state index in [1.54, 1.807) is 31.3 Å². The zero-order valence-electron chi connectivity index (χ0n) is 14.6. The number of aliphatic imine (C=N–C) groups is 1. The number of carbonyl (C=O) groups excluding carboxylic acids is 1. The molecular formula is C20H19FN2O2S. The Morgan fingerprint density at radius 2 is 1.92 bits per heavy atom. The molecule has 2 aromatic carbocycles. The monoisotopic (exact) mass is 370 g/mol. The van der Waals surface area contributed by atoms with Crippen molar-refractivity contribution in [3.05, 3.63) is 64.8 Å². The number of amides is 1. The first-order valence-electron chi connectivity index (χ1n) is 8.32. The minimum absolute atomic E-state index is 0.171. The summed E-state index contributed by atoms with van der Waals surface area (Å²) in [6.07, 6.45) is 2.69. The third-order valence-corrected chi connectivity index (χ3v) is 4.80. The Morgan fingerprint density at radius 3 is 2.69 bits per heavy atom. The Labute approximate surface area is 156 Å². The summed E-state index contributed by atoms with van der Waals surface area (Å²) in [6, 6.07) is 13.8. The second-order valence-electron chi connectivity index (χ2n) is 5.71. The first kappa shape index (κ1) is 18.2. The van der Waals surface area contributed by atoms with Gasteiger partial charge < -0.3 is 4.74 Å². The number of hydrogen-bond donors (Lipinski definition) is 0. The Hall–Kier alpha value is -2.60. The molecule has 1 saturated heterocycles. The highest BCUT2D eigenvalue weighted by Gasteiger charge is 2.30. The highest BCUT2D eigenvalue weighted by Crippen LogP contribution is 2.35. The normalized spacial score (nSPS) is 17.3. The van der Waals surface area contributed by atoms with E-state index in [1.165, 1.54) is 22.7 Å². The molecule has 0 saturated carbocycles. The molecule has 1 heterocycles. The van der Waals surface area contributed by atoms with E-state index in [2.05, 4.69) is 4.99 Å². The standard InChI is InChI=1S/C20H19FN2O2S/c1-3-12-25-17-11-7-4-8-14(17)13-18-19(24)23(2)20(26-18)22-16-10-6-5-9-15(16)21/h4-11,13H,3,12H2,1-2H3/b18-13+,22-20?.